The fourth-order valence-corrected chi connectivity index (χ4v) is 1.89. The number of rotatable bonds is 7. The molecule has 0 aliphatic rings. The highest BCUT2D eigenvalue weighted by atomic mass is 19.1. The smallest absolute Gasteiger partial charge is 0.126 e. The Bertz CT molecular complexity index is 407. The fraction of sp³-hybridized carbons (Fsp3) is 0.600. The summed E-state index contributed by atoms with van der Waals surface area (Å²) in [6.07, 6.45) is 0. The van der Waals surface area contributed by atoms with Crippen molar-refractivity contribution in [3.8, 4) is 5.75 Å². The number of likely N-dealkylation sites (N-methyl/N-ethyl adjacent to an activating group) is 1. The lowest BCUT2D eigenvalue weighted by Crippen LogP contribution is -2.22. The van der Waals surface area contributed by atoms with E-state index in [1.54, 1.807) is 19.1 Å². The predicted molar refractivity (Wildman–Crippen MR) is 77.3 cm³/mol. The van der Waals surface area contributed by atoms with E-state index in [1.807, 2.05) is 27.9 Å². The van der Waals surface area contributed by atoms with Crippen molar-refractivity contribution in [3.63, 3.8) is 0 Å². The van der Waals surface area contributed by atoms with Crippen LogP contribution in [0.15, 0.2) is 12.1 Å². The second-order valence-electron chi connectivity index (χ2n) is 5.07. The van der Waals surface area contributed by atoms with Crippen molar-refractivity contribution in [1.29, 1.82) is 0 Å². The molecule has 0 aliphatic heterocycles. The monoisotopic (exact) mass is 268 g/mol. The second-order valence-corrected chi connectivity index (χ2v) is 5.07. The Morgan fingerprint density at radius 1 is 1.37 bits per heavy atom. The van der Waals surface area contributed by atoms with Crippen molar-refractivity contribution in [2.45, 2.75) is 26.8 Å². The zero-order valence-electron chi connectivity index (χ0n) is 12.6. The molecule has 0 bridgehead atoms. The van der Waals surface area contributed by atoms with Crippen molar-refractivity contribution in [1.82, 2.24) is 10.2 Å². The Morgan fingerprint density at radius 2 is 2.05 bits per heavy atom. The molecule has 1 rings (SSSR count). The molecule has 0 saturated heterocycles. The predicted octanol–water partition coefficient (Wildman–Crippen LogP) is 2.75. The Morgan fingerprint density at radius 3 is 2.63 bits per heavy atom. The van der Waals surface area contributed by atoms with Gasteiger partial charge in [0.05, 0.1) is 0 Å². The van der Waals surface area contributed by atoms with Gasteiger partial charge in [-0.05, 0) is 52.2 Å². The molecule has 0 aromatic heterocycles. The first-order chi connectivity index (χ1) is 8.95. The largest absolute Gasteiger partial charge is 0.492 e. The second kappa shape index (κ2) is 7.46. The number of aryl methyl sites for hydroxylation is 1. The molecule has 0 saturated carbocycles. The van der Waals surface area contributed by atoms with Gasteiger partial charge >= 0.3 is 0 Å². The summed E-state index contributed by atoms with van der Waals surface area (Å²) < 4.78 is 19.5. The third-order valence-corrected chi connectivity index (χ3v) is 3.06. The number of nitrogens with zero attached hydrogens (tertiary/aromatic N) is 1. The van der Waals surface area contributed by atoms with E-state index in [0.717, 1.165) is 24.4 Å². The third kappa shape index (κ3) is 4.80. The van der Waals surface area contributed by atoms with Crippen LogP contribution in [0.2, 0.25) is 0 Å². The Balaban J connectivity index is 2.89. The van der Waals surface area contributed by atoms with Gasteiger partial charge in [0, 0.05) is 18.2 Å². The fourth-order valence-electron chi connectivity index (χ4n) is 1.89. The van der Waals surface area contributed by atoms with Crippen LogP contribution in [-0.2, 0) is 0 Å². The van der Waals surface area contributed by atoms with Crippen LogP contribution < -0.4 is 10.1 Å². The number of nitrogens with one attached hydrogen (secondary N) is 1. The molecule has 19 heavy (non-hydrogen) atoms. The van der Waals surface area contributed by atoms with E-state index >= 15 is 0 Å². The van der Waals surface area contributed by atoms with E-state index in [0.29, 0.717) is 12.2 Å². The van der Waals surface area contributed by atoms with Gasteiger partial charge in [-0.25, -0.2) is 4.39 Å². The average Bonchev–Trinajstić information content (AvgIpc) is 2.33. The maximum absolute atomic E-state index is 13.7. The summed E-state index contributed by atoms with van der Waals surface area (Å²) in [6.45, 7) is 8.10. The number of halogens is 1. The molecule has 0 amide bonds. The Labute approximate surface area is 115 Å². The van der Waals surface area contributed by atoms with Gasteiger partial charge in [0.15, 0.2) is 0 Å². The molecule has 3 nitrogen and oxygen atoms in total. The third-order valence-electron chi connectivity index (χ3n) is 3.06. The lowest BCUT2D eigenvalue weighted by molar-refractivity contribution is 0.257. The van der Waals surface area contributed by atoms with Crippen molar-refractivity contribution in [2.75, 3.05) is 33.8 Å². The highest BCUT2D eigenvalue weighted by molar-refractivity contribution is 5.40. The van der Waals surface area contributed by atoms with Crippen LogP contribution in [0.1, 0.15) is 31.0 Å². The zero-order valence-corrected chi connectivity index (χ0v) is 12.6. The lowest BCUT2D eigenvalue weighted by atomic mass is 10.0. The number of benzene rings is 1. The molecule has 1 unspecified atom stereocenters. The molecule has 108 valence electrons. The van der Waals surface area contributed by atoms with Gasteiger partial charge in [0.1, 0.15) is 18.2 Å². The van der Waals surface area contributed by atoms with Gasteiger partial charge in [-0.2, -0.15) is 0 Å². The molecular weight excluding hydrogens is 243 g/mol. The van der Waals surface area contributed by atoms with Crippen molar-refractivity contribution < 1.29 is 9.13 Å². The average molecular weight is 268 g/mol. The van der Waals surface area contributed by atoms with Gasteiger partial charge in [-0.3, -0.25) is 0 Å². The summed E-state index contributed by atoms with van der Waals surface area (Å²) in [7, 11) is 4.00. The topological polar surface area (TPSA) is 24.5 Å². The normalized spacial score (nSPS) is 12.8. The molecule has 1 aromatic rings. The van der Waals surface area contributed by atoms with Gasteiger partial charge in [0.2, 0.25) is 0 Å². The SMILES string of the molecule is CCNC(C)c1cc(F)c(C)cc1OCCN(C)C. The van der Waals surface area contributed by atoms with Gasteiger partial charge in [-0.15, -0.1) is 0 Å². The quantitative estimate of drug-likeness (QED) is 0.823. The maximum atomic E-state index is 13.7. The molecule has 0 aliphatic carbocycles. The van der Waals surface area contributed by atoms with Gasteiger partial charge in [-0.1, -0.05) is 6.92 Å². The summed E-state index contributed by atoms with van der Waals surface area (Å²) in [4.78, 5) is 2.06. The molecule has 0 radical (unpaired) electrons. The van der Waals surface area contributed by atoms with Crippen LogP contribution in [0.5, 0.6) is 5.75 Å². The first-order valence-electron chi connectivity index (χ1n) is 6.76. The van der Waals surface area contributed by atoms with E-state index in [1.165, 1.54) is 0 Å². The number of hydrogen-bond acceptors (Lipinski definition) is 3. The zero-order chi connectivity index (χ0) is 14.4. The minimum absolute atomic E-state index is 0.0782. The summed E-state index contributed by atoms with van der Waals surface area (Å²) in [5.41, 5.74) is 1.50. The summed E-state index contributed by atoms with van der Waals surface area (Å²) in [6, 6.07) is 3.44. The molecular formula is C15H25FN2O. The van der Waals surface area contributed by atoms with Crippen LogP contribution in [0.3, 0.4) is 0 Å². The van der Waals surface area contributed by atoms with Crippen molar-refractivity contribution in [2.24, 2.45) is 0 Å². The first-order valence-corrected chi connectivity index (χ1v) is 6.76. The van der Waals surface area contributed by atoms with E-state index in [4.69, 9.17) is 4.74 Å². The molecule has 0 spiro atoms. The minimum Gasteiger partial charge on any atom is -0.492 e. The summed E-state index contributed by atoms with van der Waals surface area (Å²) in [5, 5.41) is 3.29. The van der Waals surface area contributed by atoms with E-state index < -0.39 is 0 Å². The van der Waals surface area contributed by atoms with Gasteiger partial charge < -0.3 is 15.0 Å². The van der Waals surface area contributed by atoms with Crippen LogP contribution in [0, 0.1) is 12.7 Å². The molecule has 4 heteroatoms. The molecule has 0 heterocycles. The summed E-state index contributed by atoms with van der Waals surface area (Å²) in [5.74, 6) is 0.592. The summed E-state index contributed by atoms with van der Waals surface area (Å²) >= 11 is 0. The number of ether oxygens (including phenoxy) is 1. The first kappa shape index (κ1) is 15.9. The van der Waals surface area contributed by atoms with Gasteiger partial charge in [0.25, 0.3) is 0 Å². The molecule has 1 atom stereocenters. The highest BCUT2D eigenvalue weighted by Gasteiger charge is 2.14. The Kier molecular flexibility index (Phi) is 6.25. The van der Waals surface area contributed by atoms with Crippen LogP contribution in [0.4, 0.5) is 4.39 Å². The van der Waals surface area contributed by atoms with Crippen molar-refractivity contribution in [3.05, 3.63) is 29.1 Å². The molecule has 1 aromatic carbocycles. The highest BCUT2D eigenvalue weighted by Crippen LogP contribution is 2.28. The van der Waals surface area contributed by atoms with Crippen LogP contribution in [0.25, 0.3) is 0 Å². The van der Waals surface area contributed by atoms with Crippen molar-refractivity contribution >= 4 is 0 Å². The lowest BCUT2D eigenvalue weighted by Gasteiger charge is -2.19. The maximum Gasteiger partial charge on any atom is 0.126 e. The standard InChI is InChI=1S/C15H25FN2O/c1-6-17-12(3)13-10-14(16)11(2)9-15(13)19-8-7-18(4)5/h9-10,12,17H,6-8H2,1-5H3. The van der Waals surface area contributed by atoms with E-state index in [-0.39, 0.29) is 11.9 Å². The van der Waals surface area contributed by atoms with E-state index in [9.17, 15) is 4.39 Å². The minimum atomic E-state index is -0.181. The molecule has 0 fully saturated rings. The van der Waals surface area contributed by atoms with Crippen LogP contribution >= 0.6 is 0 Å². The molecule has 1 N–H and O–H groups in total. The van der Waals surface area contributed by atoms with Crippen LogP contribution in [-0.4, -0.2) is 38.7 Å². The van der Waals surface area contributed by atoms with E-state index in [2.05, 4.69) is 10.2 Å². The number of hydrogen-bond donors (Lipinski definition) is 1. The Hall–Kier alpha value is -1.13.